The van der Waals surface area contributed by atoms with Gasteiger partial charge in [-0.2, -0.15) is 0 Å². The minimum absolute atomic E-state index is 0.0247. The molecule has 0 radical (unpaired) electrons. The molecular weight excluding hydrogens is 248 g/mol. The average molecular weight is 266 g/mol. The maximum Gasteiger partial charge on any atom is 0.300 e. The van der Waals surface area contributed by atoms with Gasteiger partial charge in [0.05, 0.1) is 4.92 Å². The molecule has 0 fully saturated rings. The molecule has 0 aliphatic heterocycles. The summed E-state index contributed by atoms with van der Waals surface area (Å²) in [4.78, 5) is 28.2. The first-order valence-corrected chi connectivity index (χ1v) is 6.05. The van der Waals surface area contributed by atoms with E-state index in [1.54, 1.807) is 11.9 Å². The number of nitro groups is 1. The summed E-state index contributed by atoms with van der Waals surface area (Å²) in [5, 5.41) is 13.8. The number of carbonyl (C=O) groups is 1. The number of aromatic nitrogens is 1. The van der Waals surface area contributed by atoms with E-state index in [-0.39, 0.29) is 23.2 Å². The van der Waals surface area contributed by atoms with E-state index in [0.29, 0.717) is 12.4 Å². The molecular formula is C12H18N4O3. The number of anilines is 1. The van der Waals surface area contributed by atoms with Gasteiger partial charge in [0, 0.05) is 25.7 Å². The van der Waals surface area contributed by atoms with Crippen molar-refractivity contribution in [2.24, 2.45) is 0 Å². The Bertz CT molecular complexity index is 488. The number of carbonyl (C=O) groups excluding carboxylic acids is 1. The van der Waals surface area contributed by atoms with Crippen LogP contribution in [0.2, 0.25) is 0 Å². The van der Waals surface area contributed by atoms with E-state index < -0.39 is 4.92 Å². The van der Waals surface area contributed by atoms with Gasteiger partial charge in [0.15, 0.2) is 0 Å². The number of nitrogens with one attached hydrogen (secondary N) is 1. The van der Waals surface area contributed by atoms with Gasteiger partial charge in [0.25, 0.3) is 11.6 Å². The van der Waals surface area contributed by atoms with E-state index in [0.717, 1.165) is 6.20 Å². The molecule has 1 aromatic heterocycles. The van der Waals surface area contributed by atoms with Gasteiger partial charge >= 0.3 is 0 Å². The molecule has 1 amide bonds. The predicted molar refractivity (Wildman–Crippen MR) is 72.3 cm³/mol. The largest absolute Gasteiger partial charge is 0.373 e. The van der Waals surface area contributed by atoms with Gasteiger partial charge in [0.2, 0.25) is 0 Å². The van der Waals surface area contributed by atoms with Crippen LogP contribution in [0, 0.1) is 10.1 Å². The molecule has 7 nitrogen and oxygen atoms in total. The van der Waals surface area contributed by atoms with Gasteiger partial charge in [-0.05, 0) is 20.8 Å². The SMILES string of the molecule is CCN(C(=O)c1cc(NC)ncc1[N+](=O)[O-])C(C)C. The van der Waals surface area contributed by atoms with Crippen LogP contribution < -0.4 is 5.32 Å². The molecule has 104 valence electrons. The van der Waals surface area contributed by atoms with Crippen molar-refractivity contribution in [1.29, 1.82) is 0 Å². The zero-order valence-electron chi connectivity index (χ0n) is 11.5. The summed E-state index contributed by atoms with van der Waals surface area (Å²) >= 11 is 0. The molecule has 19 heavy (non-hydrogen) atoms. The van der Waals surface area contributed by atoms with E-state index >= 15 is 0 Å². The summed E-state index contributed by atoms with van der Waals surface area (Å²) in [6.45, 7) is 6.07. The first-order valence-electron chi connectivity index (χ1n) is 6.05. The van der Waals surface area contributed by atoms with Gasteiger partial charge in [-0.15, -0.1) is 0 Å². The molecule has 0 aliphatic carbocycles. The Hall–Kier alpha value is -2.18. The van der Waals surface area contributed by atoms with Crippen molar-refractivity contribution >= 4 is 17.4 Å². The Kier molecular flexibility index (Phi) is 4.80. The quantitative estimate of drug-likeness (QED) is 0.649. The Morgan fingerprint density at radius 1 is 1.58 bits per heavy atom. The fraction of sp³-hybridized carbons (Fsp3) is 0.500. The fourth-order valence-electron chi connectivity index (χ4n) is 1.80. The number of pyridine rings is 1. The van der Waals surface area contributed by atoms with Crippen LogP contribution >= 0.6 is 0 Å². The monoisotopic (exact) mass is 266 g/mol. The second-order valence-corrected chi connectivity index (χ2v) is 4.28. The smallest absolute Gasteiger partial charge is 0.300 e. The molecule has 0 saturated carbocycles. The molecule has 0 spiro atoms. The first-order chi connectivity index (χ1) is 8.92. The molecule has 0 unspecified atom stereocenters. The standard InChI is InChI=1S/C12H18N4O3/c1-5-15(8(2)3)12(17)9-6-11(13-4)14-7-10(9)16(18)19/h6-8H,5H2,1-4H3,(H,13,14). The van der Waals surface area contributed by atoms with Crippen molar-refractivity contribution in [2.45, 2.75) is 26.8 Å². The van der Waals surface area contributed by atoms with E-state index in [4.69, 9.17) is 0 Å². The van der Waals surface area contributed by atoms with E-state index in [2.05, 4.69) is 10.3 Å². The van der Waals surface area contributed by atoms with Crippen LogP contribution in [0.3, 0.4) is 0 Å². The summed E-state index contributed by atoms with van der Waals surface area (Å²) in [5.41, 5.74) is -0.219. The summed E-state index contributed by atoms with van der Waals surface area (Å²) < 4.78 is 0. The maximum absolute atomic E-state index is 12.4. The topological polar surface area (TPSA) is 88.4 Å². The van der Waals surface area contributed by atoms with Crippen LogP contribution in [0.1, 0.15) is 31.1 Å². The molecule has 0 aromatic carbocycles. The first kappa shape index (κ1) is 14.9. The second-order valence-electron chi connectivity index (χ2n) is 4.28. The summed E-state index contributed by atoms with van der Waals surface area (Å²) in [7, 11) is 1.64. The van der Waals surface area contributed by atoms with E-state index in [1.807, 2.05) is 20.8 Å². The molecule has 1 N–H and O–H groups in total. The Morgan fingerprint density at radius 2 is 2.21 bits per heavy atom. The summed E-state index contributed by atoms with van der Waals surface area (Å²) in [5.74, 6) is 0.0665. The average Bonchev–Trinajstić information content (AvgIpc) is 2.38. The Balaban J connectivity index is 3.29. The van der Waals surface area contributed by atoms with Gasteiger partial charge in [-0.25, -0.2) is 4.98 Å². The van der Waals surface area contributed by atoms with Crippen molar-refractivity contribution in [2.75, 3.05) is 18.9 Å². The molecule has 0 atom stereocenters. The molecule has 1 heterocycles. The van der Waals surface area contributed by atoms with E-state index in [9.17, 15) is 14.9 Å². The minimum atomic E-state index is -0.589. The lowest BCUT2D eigenvalue weighted by Gasteiger charge is -2.25. The number of rotatable bonds is 5. The zero-order valence-corrected chi connectivity index (χ0v) is 11.5. The van der Waals surface area contributed by atoms with Crippen molar-refractivity contribution < 1.29 is 9.72 Å². The second kappa shape index (κ2) is 6.12. The van der Waals surface area contributed by atoms with Crippen LogP contribution in [0.4, 0.5) is 11.5 Å². The highest BCUT2D eigenvalue weighted by atomic mass is 16.6. The summed E-state index contributed by atoms with van der Waals surface area (Å²) in [6, 6.07) is 1.38. The predicted octanol–water partition coefficient (Wildman–Crippen LogP) is 1.90. The third-order valence-electron chi connectivity index (χ3n) is 2.79. The number of amides is 1. The Morgan fingerprint density at radius 3 is 2.63 bits per heavy atom. The zero-order chi connectivity index (χ0) is 14.6. The normalized spacial score (nSPS) is 10.4. The summed E-state index contributed by atoms with van der Waals surface area (Å²) in [6.07, 6.45) is 1.10. The van der Waals surface area contributed by atoms with Gasteiger partial charge in [0.1, 0.15) is 17.6 Å². The van der Waals surface area contributed by atoms with Crippen LogP contribution in [0.5, 0.6) is 0 Å². The Labute approximate surface area is 111 Å². The van der Waals surface area contributed by atoms with Crippen LogP contribution in [0.15, 0.2) is 12.3 Å². The van der Waals surface area contributed by atoms with Crippen molar-refractivity contribution in [3.05, 3.63) is 27.9 Å². The van der Waals surface area contributed by atoms with E-state index in [1.165, 1.54) is 6.07 Å². The lowest BCUT2D eigenvalue weighted by atomic mass is 10.1. The van der Waals surface area contributed by atoms with Crippen LogP contribution in [-0.4, -0.2) is 40.3 Å². The molecule has 1 rings (SSSR count). The fourth-order valence-corrected chi connectivity index (χ4v) is 1.80. The highest BCUT2D eigenvalue weighted by Gasteiger charge is 2.26. The van der Waals surface area contributed by atoms with Crippen LogP contribution in [-0.2, 0) is 0 Å². The lowest BCUT2D eigenvalue weighted by Crippen LogP contribution is -2.37. The van der Waals surface area contributed by atoms with Gasteiger partial charge in [-0.3, -0.25) is 14.9 Å². The molecule has 7 heteroatoms. The highest BCUT2D eigenvalue weighted by molar-refractivity contribution is 5.98. The number of hydrogen-bond acceptors (Lipinski definition) is 5. The minimum Gasteiger partial charge on any atom is -0.373 e. The van der Waals surface area contributed by atoms with Gasteiger partial charge < -0.3 is 10.2 Å². The van der Waals surface area contributed by atoms with Crippen LogP contribution in [0.25, 0.3) is 0 Å². The third-order valence-corrected chi connectivity index (χ3v) is 2.79. The van der Waals surface area contributed by atoms with Crippen molar-refractivity contribution in [3.63, 3.8) is 0 Å². The maximum atomic E-state index is 12.4. The molecule has 1 aromatic rings. The van der Waals surface area contributed by atoms with Gasteiger partial charge in [-0.1, -0.05) is 0 Å². The number of hydrogen-bond donors (Lipinski definition) is 1. The molecule has 0 aliphatic rings. The lowest BCUT2D eigenvalue weighted by molar-refractivity contribution is -0.385. The highest BCUT2D eigenvalue weighted by Crippen LogP contribution is 2.22. The van der Waals surface area contributed by atoms with Crippen molar-refractivity contribution in [1.82, 2.24) is 9.88 Å². The number of nitrogens with zero attached hydrogens (tertiary/aromatic N) is 3. The van der Waals surface area contributed by atoms with Crippen molar-refractivity contribution in [3.8, 4) is 0 Å². The molecule has 0 bridgehead atoms. The molecule has 0 saturated heterocycles. The third kappa shape index (κ3) is 3.18.